The summed E-state index contributed by atoms with van der Waals surface area (Å²) in [5.41, 5.74) is 5.77. The predicted octanol–water partition coefficient (Wildman–Crippen LogP) is 0.953. The summed E-state index contributed by atoms with van der Waals surface area (Å²) in [7, 11) is 0. The lowest BCUT2D eigenvalue weighted by molar-refractivity contribution is -0.142. The summed E-state index contributed by atoms with van der Waals surface area (Å²) in [5.74, 6) is -0.533. The summed E-state index contributed by atoms with van der Waals surface area (Å²) in [6, 6.07) is 1.16. The van der Waals surface area contributed by atoms with Crippen molar-refractivity contribution in [2.45, 2.75) is 25.4 Å². The van der Waals surface area contributed by atoms with Crippen LogP contribution in [0.2, 0.25) is 0 Å². The largest absolute Gasteiger partial charge is 0.466 e. The fourth-order valence-corrected chi connectivity index (χ4v) is 3.45. The zero-order valence-corrected chi connectivity index (χ0v) is 15.3. The van der Waals surface area contributed by atoms with E-state index in [0.717, 1.165) is 22.7 Å². The highest BCUT2D eigenvalue weighted by atomic mass is 32.2. The Bertz CT molecular complexity index is 833. The van der Waals surface area contributed by atoms with Crippen molar-refractivity contribution in [3.05, 3.63) is 27.0 Å². The molecule has 2 rings (SSSR count). The average molecular weight is 383 g/mol. The number of nitrogens with zero attached hydrogens (tertiary/aromatic N) is 2. The molecule has 11 heteroatoms. The SMILES string of the molecule is CCOC(=O)Cc1sc(NC(=O)CSc2nc(N)cc(=O)[nH]2)nc1C. The maximum absolute atomic E-state index is 12.0. The Labute approximate surface area is 151 Å². The Morgan fingerprint density at radius 3 is 2.88 bits per heavy atom. The molecule has 2 aromatic heterocycles. The number of carbonyl (C=O) groups excluding carboxylic acids is 2. The molecular weight excluding hydrogens is 366 g/mol. The molecule has 25 heavy (non-hydrogen) atoms. The minimum Gasteiger partial charge on any atom is -0.466 e. The van der Waals surface area contributed by atoms with Gasteiger partial charge in [-0.2, -0.15) is 0 Å². The molecule has 0 bridgehead atoms. The van der Waals surface area contributed by atoms with Crippen LogP contribution in [-0.2, 0) is 20.7 Å². The number of hydrogen-bond donors (Lipinski definition) is 3. The van der Waals surface area contributed by atoms with Crippen LogP contribution in [0.25, 0.3) is 0 Å². The third kappa shape index (κ3) is 5.87. The summed E-state index contributed by atoms with van der Waals surface area (Å²) >= 11 is 2.27. The molecule has 134 valence electrons. The van der Waals surface area contributed by atoms with Gasteiger partial charge >= 0.3 is 5.97 Å². The molecule has 0 fully saturated rings. The van der Waals surface area contributed by atoms with Crippen molar-refractivity contribution in [3.8, 4) is 0 Å². The normalized spacial score (nSPS) is 10.5. The molecule has 0 aliphatic heterocycles. The van der Waals surface area contributed by atoms with Crippen molar-refractivity contribution in [3.63, 3.8) is 0 Å². The van der Waals surface area contributed by atoms with Crippen molar-refractivity contribution < 1.29 is 14.3 Å². The second kappa shape index (κ2) is 8.62. The maximum atomic E-state index is 12.0. The molecule has 1 amide bonds. The Morgan fingerprint density at radius 1 is 1.44 bits per heavy atom. The number of amides is 1. The minimum absolute atomic E-state index is 0.0260. The van der Waals surface area contributed by atoms with Crippen molar-refractivity contribution in [2.24, 2.45) is 0 Å². The molecule has 0 aliphatic rings. The number of hydrogen-bond acceptors (Lipinski definition) is 9. The van der Waals surface area contributed by atoms with Crippen LogP contribution in [0.1, 0.15) is 17.5 Å². The lowest BCUT2D eigenvalue weighted by atomic mass is 10.3. The number of esters is 1. The van der Waals surface area contributed by atoms with Gasteiger partial charge in [0.25, 0.3) is 5.56 Å². The van der Waals surface area contributed by atoms with E-state index < -0.39 is 0 Å². The lowest BCUT2D eigenvalue weighted by Crippen LogP contribution is -2.15. The summed E-state index contributed by atoms with van der Waals surface area (Å²) in [6.45, 7) is 3.82. The number of aromatic amines is 1. The van der Waals surface area contributed by atoms with Gasteiger partial charge in [0.05, 0.1) is 24.5 Å². The molecule has 0 atom stereocenters. The molecule has 0 aromatic carbocycles. The first kappa shape index (κ1) is 18.9. The van der Waals surface area contributed by atoms with Crippen LogP contribution in [0, 0.1) is 6.92 Å². The second-order valence-corrected chi connectivity index (χ2v) is 6.87. The Morgan fingerprint density at radius 2 is 2.20 bits per heavy atom. The summed E-state index contributed by atoms with van der Waals surface area (Å²) in [4.78, 5) is 46.2. The van der Waals surface area contributed by atoms with Crippen LogP contribution in [0.4, 0.5) is 10.9 Å². The monoisotopic (exact) mass is 383 g/mol. The number of aromatic nitrogens is 3. The number of thiazole rings is 1. The fraction of sp³-hybridized carbons (Fsp3) is 0.357. The molecule has 0 unspecified atom stereocenters. The Balaban J connectivity index is 1.92. The van der Waals surface area contributed by atoms with Gasteiger partial charge in [0.15, 0.2) is 10.3 Å². The number of H-pyrrole nitrogens is 1. The molecule has 9 nitrogen and oxygen atoms in total. The molecule has 0 aliphatic carbocycles. The first-order chi connectivity index (χ1) is 11.9. The second-order valence-electron chi connectivity index (χ2n) is 4.82. The first-order valence-corrected chi connectivity index (χ1v) is 9.09. The van der Waals surface area contributed by atoms with Gasteiger partial charge < -0.3 is 20.8 Å². The molecule has 0 saturated carbocycles. The van der Waals surface area contributed by atoms with Crippen LogP contribution >= 0.6 is 23.1 Å². The number of nitrogens with two attached hydrogens (primary N) is 1. The third-order valence-electron chi connectivity index (χ3n) is 2.83. The number of carbonyl (C=O) groups is 2. The number of nitrogens with one attached hydrogen (secondary N) is 2. The van der Waals surface area contributed by atoms with E-state index in [1.54, 1.807) is 13.8 Å². The van der Waals surface area contributed by atoms with Gasteiger partial charge in [-0.05, 0) is 13.8 Å². The highest BCUT2D eigenvalue weighted by Gasteiger charge is 2.14. The molecule has 0 saturated heterocycles. The molecule has 2 heterocycles. The van der Waals surface area contributed by atoms with Gasteiger partial charge in [-0.15, -0.1) is 11.3 Å². The van der Waals surface area contributed by atoms with E-state index in [1.807, 2.05) is 0 Å². The summed E-state index contributed by atoms with van der Waals surface area (Å²) in [5, 5.41) is 3.31. The summed E-state index contributed by atoms with van der Waals surface area (Å²) < 4.78 is 4.90. The van der Waals surface area contributed by atoms with Gasteiger partial charge in [0, 0.05) is 10.9 Å². The van der Waals surface area contributed by atoms with Crippen molar-refractivity contribution in [2.75, 3.05) is 23.4 Å². The minimum atomic E-state index is -0.380. The standard InChI is InChI=1S/C14H17N5O4S2/c1-3-23-12(22)4-8-7(2)16-14(25-8)19-11(21)6-24-13-17-9(15)5-10(20)18-13/h5H,3-4,6H2,1-2H3,(H,16,19,21)(H3,15,17,18,20). The molecule has 0 spiro atoms. The van der Waals surface area contributed by atoms with Gasteiger partial charge in [-0.25, -0.2) is 9.97 Å². The topological polar surface area (TPSA) is 140 Å². The molecule has 2 aromatic rings. The van der Waals surface area contributed by atoms with E-state index >= 15 is 0 Å². The van der Waals surface area contributed by atoms with Crippen molar-refractivity contribution >= 4 is 45.9 Å². The number of anilines is 2. The lowest BCUT2D eigenvalue weighted by Gasteiger charge is -2.02. The zero-order chi connectivity index (χ0) is 18.4. The van der Waals surface area contributed by atoms with Gasteiger partial charge in [0.1, 0.15) is 5.82 Å². The van der Waals surface area contributed by atoms with E-state index in [4.69, 9.17) is 10.5 Å². The Kier molecular flexibility index (Phi) is 6.53. The fourth-order valence-electron chi connectivity index (χ4n) is 1.80. The van der Waals surface area contributed by atoms with Gasteiger partial charge in [-0.3, -0.25) is 14.4 Å². The van der Waals surface area contributed by atoms with Crippen LogP contribution < -0.4 is 16.6 Å². The predicted molar refractivity (Wildman–Crippen MR) is 95.8 cm³/mol. The van der Waals surface area contributed by atoms with Gasteiger partial charge in [0.2, 0.25) is 5.91 Å². The molecule has 4 N–H and O–H groups in total. The van der Waals surface area contributed by atoms with Crippen molar-refractivity contribution in [1.82, 2.24) is 15.0 Å². The third-order valence-corrected chi connectivity index (χ3v) is 4.78. The average Bonchev–Trinajstić information content (AvgIpc) is 2.84. The van der Waals surface area contributed by atoms with Crippen LogP contribution in [-0.4, -0.2) is 39.2 Å². The number of rotatable bonds is 7. The van der Waals surface area contributed by atoms with Gasteiger partial charge in [-0.1, -0.05) is 11.8 Å². The smallest absolute Gasteiger partial charge is 0.311 e. The number of nitrogen functional groups attached to an aromatic ring is 1. The van der Waals surface area contributed by atoms with E-state index in [2.05, 4.69) is 20.3 Å². The van der Waals surface area contributed by atoms with E-state index in [0.29, 0.717) is 17.4 Å². The van der Waals surface area contributed by atoms with Crippen LogP contribution in [0.5, 0.6) is 0 Å². The number of ether oxygens (including phenoxy) is 1. The van der Waals surface area contributed by atoms with E-state index in [1.165, 1.54) is 11.3 Å². The highest BCUT2D eigenvalue weighted by molar-refractivity contribution is 7.99. The van der Waals surface area contributed by atoms with E-state index in [9.17, 15) is 14.4 Å². The first-order valence-electron chi connectivity index (χ1n) is 7.28. The van der Waals surface area contributed by atoms with Crippen LogP contribution in [0.3, 0.4) is 0 Å². The maximum Gasteiger partial charge on any atom is 0.311 e. The quantitative estimate of drug-likeness (QED) is 0.365. The highest BCUT2D eigenvalue weighted by Crippen LogP contribution is 2.24. The zero-order valence-electron chi connectivity index (χ0n) is 13.6. The summed E-state index contributed by atoms with van der Waals surface area (Å²) in [6.07, 6.45) is 0.121. The molecule has 0 radical (unpaired) electrons. The van der Waals surface area contributed by atoms with E-state index in [-0.39, 0.29) is 40.6 Å². The van der Waals surface area contributed by atoms with Crippen LogP contribution in [0.15, 0.2) is 16.0 Å². The Hall–Kier alpha value is -2.40. The molecular formula is C14H17N5O4S2. The van der Waals surface area contributed by atoms with Crippen molar-refractivity contribution in [1.29, 1.82) is 0 Å². The number of thioether (sulfide) groups is 1. The number of aryl methyl sites for hydroxylation is 1.